The first-order valence-electron chi connectivity index (χ1n) is 16.6. The van der Waals surface area contributed by atoms with E-state index in [-0.39, 0.29) is 4.90 Å². The van der Waals surface area contributed by atoms with Crippen molar-refractivity contribution in [2.45, 2.75) is 71.9 Å². The van der Waals surface area contributed by atoms with Crippen molar-refractivity contribution in [3.05, 3.63) is 23.3 Å². The number of esters is 1. The van der Waals surface area contributed by atoms with Gasteiger partial charge in [0.15, 0.2) is 11.5 Å². The van der Waals surface area contributed by atoms with Crippen LogP contribution in [0.1, 0.15) is 82.4 Å². The molecule has 2 N–H and O–H groups in total. The Morgan fingerprint density at radius 2 is 2.06 bits per heavy atom. The molecule has 6 heteroatoms. The van der Waals surface area contributed by atoms with Crippen LogP contribution in [0.2, 0.25) is 0 Å². The Morgan fingerprint density at radius 3 is 2.68 bits per heavy atom. The molecule has 0 bridgehead atoms. The predicted octanol–water partition coefficient (Wildman–Crippen LogP) is 3.95. The molecule has 4 atom stereocenters. The average molecular weight is 446 g/mol. The van der Waals surface area contributed by atoms with E-state index in [1.165, 1.54) is 0 Å². The van der Waals surface area contributed by atoms with E-state index in [0.29, 0.717) is 0 Å². The fourth-order valence-electron chi connectivity index (χ4n) is 3.30. The maximum absolute atomic E-state index is 13.2. The van der Waals surface area contributed by atoms with Crippen LogP contribution in [0.3, 0.4) is 0 Å². The van der Waals surface area contributed by atoms with Crippen LogP contribution in [0.15, 0.2) is 12.1 Å². The van der Waals surface area contributed by atoms with Crippen LogP contribution >= 0.6 is 0 Å². The number of ether oxygens (including phenoxy) is 3. The number of hydrogen-bond acceptors (Lipinski definition) is 6. The van der Waals surface area contributed by atoms with Gasteiger partial charge < -0.3 is 19.9 Å². The summed E-state index contributed by atoms with van der Waals surface area (Å²) in [5.41, 5.74) is 3.67. The molecule has 1 aromatic carbocycles. The maximum Gasteiger partial charge on any atom is 0.323 e. The van der Waals surface area contributed by atoms with Crippen molar-refractivity contribution in [2.24, 2.45) is 23.0 Å². The van der Waals surface area contributed by atoms with Gasteiger partial charge in [-0.15, -0.1) is 0 Å². The lowest BCUT2D eigenvalue weighted by Crippen LogP contribution is -2.51. The van der Waals surface area contributed by atoms with Crippen molar-refractivity contribution in [1.82, 2.24) is 4.90 Å². The summed E-state index contributed by atoms with van der Waals surface area (Å²) in [7, 11) is -1.96. The summed E-state index contributed by atoms with van der Waals surface area (Å²) in [6, 6.07) is -2.88. The van der Waals surface area contributed by atoms with E-state index < -0.39 is 103 Å². The number of hydrogen-bond donors (Lipinski definition) is 1. The van der Waals surface area contributed by atoms with E-state index in [1.807, 2.05) is 0 Å². The smallest absolute Gasteiger partial charge is 0.323 e. The summed E-state index contributed by atoms with van der Waals surface area (Å²) in [6.45, 7) is 1.12. The van der Waals surface area contributed by atoms with E-state index in [0.717, 1.165) is 19.2 Å². The Hall–Kier alpha value is -1.79. The Bertz CT molecular complexity index is 1300. The average Bonchev–Trinajstić information content (AvgIpc) is 2.81. The monoisotopic (exact) mass is 445 g/mol. The standard InChI is InChI=1S/C25H40N2O4/c1-15(2)23(26)24(28)31-20-12-19-18-11-22(30-7)21(29-6)10-16(18)8-9-27(19)14-17(20)13-25(3,4)5/h10-11,15,17,19-20,23H,8-9,12-14,26H2,1-7H3/t17?,19?,20?,23-/m0/s1/i6D3,8D2,9D2,12D2,14D2,17D,19D. The zero-order valence-electron chi connectivity index (χ0n) is 31.8. The van der Waals surface area contributed by atoms with Crippen LogP contribution < -0.4 is 15.2 Å². The van der Waals surface area contributed by atoms with E-state index in [1.54, 1.807) is 34.6 Å². The van der Waals surface area contributed by atoms with E-state index in [4.69, 9.17) is 29.5 Å². The predicted molar refractivity (Wildman–Crippen MR) is 122 cm³/mol. The van der Waals surface area contributed by atoms with Gasteiger partial charge in [0, 0.05) is 43.6 Å². The molecule has 1 aromatic rings. The minimum absolute atomic E-state index is 0.0600. The number of methoxy groups -OCH3 is 2. The zero-order chi connectivity index (χ0) is 34.4. The van der Waals surface area contributed by atoms with Crippen molar-refractivity contribution in [2.75, 3.05) is 27.1 Å². The van der Waals surface area contributed by atoms with Crippen molar-refractivity contribution in [3.63, 3.8) is 0 Å². The summed E-state index contributed by atoms with van der Waals surface area (Å²) in [5.74, 6) is -5.44. The number of carbonyl (C=O) groups excluding carboxylic acids is 1. The number of benzene rings is 1. The SMILES string of the molecule is [2H]C([2H])([2H])Oc1cc2c(cc1OC)C1([2H])N(C([2H])([2H])C2([2H])[2H])C([2H])([2H])C([2H])(CC(C)(C)C)C(OC(=O)[C@@H](N)C(C)C)C1([2H])[2H]. The molecule has 174 valence electrons. The second-order valence-corrected chi connectivity index (χ2v) is 9.18. The third-order valence-electron chi connectivity index (χ3n) is 4.98. The van der Waals surface area contributed by atoms with Crippen molar-refractivity contribution < 1.29 is 36.8 Å². The van der Waals surface area contributed by atoms with Crippen LogP contribution in [-0.2, 0) is 15.9 Å². The normalized spacial score (nSPS) is 42.7. The van der Waals surface area contributed by atoms with Gasteiger partial charge in [-0.1, -0.05) is 34.6 Å². The molecule has 2 aliphatic rings. The zero-order valence-corrected chi connectivity index (χ0v) is 18.8. The van der Waals surface area contributed by atoms with Crippen molar-refractivity contribution in [3.8, 4) is 11.5 Å². The third kappa shape index (κ3) is 5.35. The first-order valence-corrected chi connectivity index (χ1v) is 10.1. The van der Waals surface area contributed by atoms with Gasteiger partial charge in [0.25, 0.3) is 0 Å². The number of nitrogens with two attached hydrogens (primary N) is 1. The Morgan fingerprint density at radius 1 is 1.35 bits per heavy atom. The quantitative estimate of drug-likeness (QED) is 0.668. The number of piperidine rings is 1. The number of nitrogens with zero attached hydrogens (tertiary/aromatic N) is 1. The highest BCUT2D eigenvalue weighted by atomic mass is 16.5. The van der Waals surface area contributed by atoms with Crippen LogP contribution in [-0.4, -0.2) is 50.2 Å². The molecular weight excluding hydrogens is 392 g/mol. The van der Waals surface area contributed by atoms with Gasteiger partial charge in [0.1, 0.15) is 12.1 Å². The Balaban J connectivity index is 2.52. The first kappa shape index (κ1) is 11.9. The first-order chi connectivity index (χ1) is 19.4. The van der Waals surface area contributed by atoms with E-state index in [9.17, 15) is 13.0 Å². The van der Waals surface area contributed by atoms with E-state index in [2.05, 4.69) is 0 Å². The minimum atomic E-state index is -3.54. The molecule has 0 aromatic heterocycles. The molecule has 1 fully saturated rings. The van der Waals surface area contributed by atoms with Gasteiger partial charge in [-0.2, -0.15) is 0 Å². The third-order valence-corrected chi connectivity index (χ3v) is 4.98. The maximum atomic E-state index is 13.2. The number of carbonyl (C=O) groups is 1. The molecule has 3 rings (SSSR count). The molecule has 0 aliphatic carbocycles. The molecule has 0 radical (unpaired) electrons. The van der Waals surface area contributed by atoms with Crippen molar-refractivity contribution >= 4 is 5.97 Å². The molecule has 2 aliphatic heterocycles. The molecule has 0 saturated carbocycles. The molecule has 0 spiro atoms. The lowest BCUT2D eigenvalue weighted by molar-refractivity contribution is -0.160. The highest BCUT2D eigenvalue weighted by Crippen LogP contribution is 2.45. The Labute approximate surface area is 205 Å². The summed E-state index contributed by atoms with van der Waals surface area (Å²) in [4.78, 5) is 13.3. The van der Waals surface area contributed by atoms with Crippen molar-refractivity contribution in [1.29, 1.82) is 0 Å². The summed E-state index contributed by atoms with van der Waals surface area (Å²) < 4.78 is 130. The summed E-state index contributed by atoms with van der Waals surface area (Å²) in [5, 5.41) is 0. The number of fused-ring (bicyclic) bond motifs is 3. The van der Waals surface area contributed by atoms with E-state index >= 15 is 0 Å². The fraction of sp³-hybridized carbons (Fsp3) is 0.720. The molecule has 0 amide bonds. The lowest BCUT2D eigenvalue weighted by atomic mass is 9.75. The van der Waals surface area contributed by atoms with Crippen LogP contribution in [0.25, 0.3) is 0 Å². The van der Waals surface area contributed by atoms with Gasteiger partial charge in [-0.25, -0.2) is 0 Å². The van der Waals surface area contributed by atoms with Crippen LogP contribution in [0.5, 0.6) is 11.5 Å². The highest BCUT2D eigenvalue weighted by molar-refractivity contribution is 5.76. The summed E-state index contributed by atoms with van der Waals surface area (Å²) >= 11 is 0. The molecule has 1 saturated heterocycles. The van der Waals surface area contributed by atoms with Gasteiger partial charge in [-0.3, -0.25) is 9.69 Å². The fourth-order valence-corrected chi connectivity index (χ4v) is 3.30. The van der Waals surface area contributed by atoms with Crippen LogP contribution in [0, 0.1) is 17.2 Å². The largest absolute Gasteiger partial charge is 0.493 e. The Kier molecular flexibility index (Phi) is 3.60. The topological polar surface area (TPSA) is 74.0 Å². The number of rotatable bonds is 6. The highest BCUT2D eigenvalue weighted by Gasteiger charge is 2.42. The van der Waals surface area contributed by atoms with Gasteiger partial charge in [0.2, 0.25) is 0 Å². The summed E-state index contributed by atoms with van der Waals surface area (Å²) in [6.07, 6.45) is -9.45. The van der Waals surface area contributed by atoms with Gasteiger partial charge in [-0.05, 0) is 47.4 Å². The molecule has 31 heavy (non-hydrogen) atoms. The second kappa shape index (κ2) is 9.37. The second-order valence-electron chi connectivity index (χ2n) is 9.18. The molecule has 2 heterocycles. The minimum Gasteiger partial charge on any atom is -0.493 e. The van der Waals surface area contributed by atoms with Gasteiger partial charge >= 0.3 is 5.97 Å². The lowest BCUT2D eigenvalue weighted by Gasteiger charge is -2.48. The molecular formula is C25H40N2O4. The van der Waals surface area contributed by atoms with Gasteiger partial charge in [0.05, 0.1) is 19.6 Å². The van der Waals surface area contributed by atoms with Crippen LogP contribution in [0.4, 0.5) is 0 Å². The molecule has 6 nitrogen and oxygen atoms in total. The number of aryl methyl sites for hydroxylation is 1. The molecule has 3 unspecified atom stereocenters.